The van der Waals surface area contributed by atoms with Gasteiger partial charge in [0.05, 0.1) is 0 Å². The van der Waals surface area contributed by atoms with Gasteiger partial charge in [-0.05, 0) is 24.6 Å². The van der Waals surface area contributed by atoms with Crippen LogP contribution in [0.1, 0.15) is 30.1 Å². The molecule has 1 heterocycles. The van der Waals surface area contributed by atoms with E-state index < -0.39 is 0 Å². The maximum Gasteiger partial charge on any atom is 0.246 e. The highest BCUT2D eigenvalue weighted by molar-refractivity contribution is 9.10. The number of anilines is 1. The average Bonchev–Trinajstić information content (AvgIpc) is 2.75. The summed E-state index contributed by atoms with van der Waals surface area (Å²) in [6.45, 7) is 2.07. The van der Waals surface area contributed by atoms with E-state index in [4.69, 9.17) is 0 Å². The van der Waals surface area contributed by atoms with Crippen LogP contribution in [0.3, 0.4) is 0 Å². The summed E-state index contributed by atoms with van der Waals surface area (Å²) in [5, 5.41) is 6.31. The monoisotopic (exact) mass is 330 g/mol. The van der Waals surface area contributed by atoms with E-state index in [0.717, 1.165) is 15.7 Å². The average molecular weight is 331 g/mol. The minimum atomic E-state index is -0.298. The van der Waals surface area contributed by atoms with Gasteiger partial charge in [0, 0.05) is 21.8 Å². The molecular weight excluding hydrogens is 316 g/mol. The van der Waals surface area contributed by atoms with Crippen molar-refractivity contribution in [2.45, 2.75) is 19.0 Å². The van der Waals surface area contributed by atoms with Gasteiger partial charge in [0.25, 0.3) is 0 Å². The first kappa shape index (κ1) is 13.3. The van der Waals surface area contributed by atoms with E-state index in [1.807, 2.05) is 36.4 Å². The third-order valence-corrected chi connectivity index (χ3v) is 4.06. The SMILES string of the molecule is CC(NC1C(=O)Nc2cc(Br)ccc21)c1ccccc1. The first-order valence-corrected chi connectivity index (χ1v) is 7.36. The second kappa shape index (κ2) is 5.38. The van der Waals surface area contributed by atoms with Gasteiger partial charge in [-0.25, -0.2) is 0 Å². The van der Waals surface area contributed by atoms with Gasteiger partial charge in [-0.3, -0.25) is 10.1 Å². The molecular formula is C16H15BrN2O. The second-order valence-corrected chi connectivity index (χ2v) is 5.87. The summed E-state index contributed by atoms with van der Waals surface area (Å²) in [6, 6.07) is 15.8. The Bertz CT molecular complexity index is 642. The van der Waals surface area contributed by atoms with Crippen molar-refractivity contribution in [1.82, 2.24) is 5.32 Å². The lowest BCUT2D eigenvalue weighted by Crippen LogP contribution is -2.29. The first-order chi connectivity index (χ1) is 9.65. The van der Waals surface area contributed by atoms with Gasteiger partial charge < -0.3 is 5.32 Å². The van der Waals surface area contributed by atoms with E-state index >= 15 is 0 Å². The molecule has 0 radical (unpaired) electrons. The van der Waals surface area contributed by atoms with Crippen LogP contribution >= 0.6 is 15.9 Å². The predicted molar refractivity (Wildman–Crippen MR) is 83.5 cm³/mol. The Labute approximate surface area is 126 Å². The molecule has 1 amide bonds. The Balaban J connectivity index is 1.84. The first-order valence-electron chi connectivity index (χ1n) is 6.56. The minimum absolute atomic E-state index is 0.000816. The van der Waals surface area contributed by atoms with Gasteiger partial charge in [-0.1, -0.05) is 52.3 Å². The molecule has 0 aliphatic carbocycles. The van der Waals surface area contributed by atoms with E-state index in [-0.39, 0.29) is 18.0 Å². The van der Waals surface area contributed by atoms with Crippen molar-refractivity contribution >= 4 is 27.5 Å². The molecule has 0 aromatic heterocycles. The summed E-state index contributed by atoms with van der Waals surface area (Å²) in [6.07, 6.45) is 0. The van der Waals surface area contributed by atoms with Crippen LogP contribution in [0.15, 0.2) is 53.0 Å². The maximum atomic E-state index is 12.1. The Hall–Kier alpha value is -1.65. The molecule has 2 unspecified atom stereocenters. The molecule has 0 bridgehead atoms. The molecule has 102 valence electrons. The predicted octanol–water partition coefficient (Wildman–Crippen LogP) is 3.79. The molecule has 3 rings (SSSR count). The van der Waals surface area contributed by atoms with Gasteiger partial charge in [-0.15, -0.1) is 0 Å². The standard InChI is InChI=1S/C16H15BrN2O/c1-10(11-5-3-2-4-6-11)18-15-13-8-7-12(17)9-14(13)19-16(15)20/h2-10,15,18H,1H3,(H,19,20). The molecule has 3 nitrogen and oxygen atoms in total. The number of carbonyl (C=O) groups excluding carboxylic acids is 1. The quantitative estimate of drug-likeness (QED) is 0.898. The van der Waals surface area contributed by atoms with Crippen LogP contribution in [0.25, 0.3) is 0 Å². The fourth-order valence-corrected chi connectivity index (χ4v) is 2.85. The lowest BCUT2D eigenvalue weighted by molar-refractivity contribution is -0.117. The number of benzene rings is 2. The fraction of sp³-hybridized carbons (Fsp3) is 0.188. The van der Waals surface area contributed by atoms with E-state index in [2.05, 4.69) is 45.6 Å². The third-order valence-electron chi connectivity index (χ3n) is 3.56. The second-order valence-electron chi connectivity index (χ2n) is 4.95. The number of hydrogen-bond donors (Lipinski definition) is 2. The smallest absolute Gasteiger partial charge is 0.246 e. The van der Waals surface area contributed by atoms with Crippen molar-refractivity contribution in [2.75, 3.05) is 5.32 Å². The largest absolute Gasteiger partial charge is 0.324 e. The number of hydrogen-bond acceptors (Lipinski definition) is 2. The lowest BCUT2D eigenvalue weighted by atomic mass is 10.0. The van der Waals surface area contributed by atoms with E-state index in [1.165, 1.54) is 5.56 Å². The van der Waals surface area contributed by atoms with E-state index in [9.17, 15) is 4.79 Å². The molecule has 2 aromatic rings. The summed E-state index contributed by atoms with van der Waals surface area (Å²) in [5.74, 6) is 0.000816. The number of halogens is 1. The van der Waals surface area contributed by atoms with Crippen molar-refractivity contribution in [1.29, 1.82) is 0 Å². The van der Waals surface area contributed by atoms with Gasteiger partial charge in [0.1, 0.15) is 6.04 Å². The molecule has 1 aliphatic heterocycles. The maximum absolute atomic E-state index is 12.1. The Morgan fingerprint density at radius 3 is 2.70 bits per heavy atom. The van der Waals surface area contributed by atoms with Gasteiger partial charge >= 0.3 is 0 Å². The van der Waals surface area contributed by atoms with Gasteiger partial charge in [0.15, 0.2) is 0 Å². The summed E-state index contributed by atoms with van der Waals surface area (Å²) < 4.78 is 0.966. The molecule has 0 saturated heterocycles. The molecule has 0 spiro atoms. The van der Waals surface area contributed by atoms with Crippen LogP contribution in [-0.2, 0) is 4.79 Å². The molecule has 0 fully saturated rings. The Morgan fingerprint density at radius 1 is 1.20 bits per heavy atom. The highest BCUT2D eigenvalue weighted by atomic mass is 79.9. The zero-order valence-corrected chi connectivity index (χ0v) is 12.6. The van der Waals surface area contributed by atoms with Crippen LogP contribution in [0.4, 0.5) is 5.69 Å². The van der Waals surface area contributed by atoms with Crippen LogP contribution < -0.4 is 10.6 Å². The Kier molecular flexibility index (Phi) is 3.59. The summed E-state index contributed by atoms with van der Waals surface area (Å²) >= 11 is 3.42. The van der Waals surface area contributed by atoms with Crippen molar-refractivity contribution < 1.29 is 4.79 Å². The highest BCUT2D eigenvalue weighted by Gasteiger charge is 2.31. The summed E-state index contributed by atoms with van der Waals surface area (Å²) in [4.78, 5) is 12.1. The van der Waals surface area contributed by atoms with Crippen molar-refractivity contribution in [2.24, 2.45) is 0 Å². The number of carbonyl (C=O) groups is 1. The van der Waals surface area contributed by atoms with Crippen molar-refractivity contribution in [3.05, 3.63) is 64.1 Å². The molecule has 2 aromatic carbocycles. The highest BCUT2D eigenvalue weighted by Crippen LogP contribution is 2.34. The summed E-state index contributed by atoms with van der Waals surface area (Å²) in [7, 11) is 0. The summed E-state index contributed by atoms with van der Waals surface area (Å²) in [5.41, 5.74) is 3.05. The zero-order valence-electron chi connectivity index (χ0n) is 11.1. The number of nitrogens with one attached hydrogen (secondary N) is 2. The van der Waals surface area contributed by atoms with E-state index in [1.54, 1.807) is 0 Å². The number of amides is 1. The van der Waals surface area contributed by atoms with Crippen molar-refractivity contribution in [3.63, 3.8) is 0 Å². The fourth-order valence-electron chi connectivity index (χ4n) is 2.49. The van der Waals surface area contributed by atoms with Crippen LogP contribution in [-0.4, -0.2) is 5.91 Å². The lowest BCUT2D eigenvalue weighted by Gasteiger charge is -2.18. The topological polar surface area (TPSA) is 41.1 Å². The minimum Gasteiger partial charge on any atom is -0.324 e. The third kappa shape index (κ3) is 2.49. The van der Waals surface area contributed by atoms with Gasteiger partial charge in [-0.2, -0.15) is 0 Å². The molecule has 0 saturated carbocycles. The zero-order chi connectivity index (χ0) is 14.1. The Morgan fingerprint density at radius 2 is 1.95 bits per heavy atom. The molecule has 4 heteroatoms. The number of fused-ring (bicyclic) bond motifs is 1. The van der Waals surface area contributed by atoms with E-state index in [0.29, 0.717) is 0 Å². The van der Waals surface area contributed by atoms with Crippen molar-refractivity contribution in [3.8, 4) is 0 Å². The molecule has 2 N–H and O–H groups in total. The van der Waals surface area contributed by atoms with Crippen LogP contribution in [0.5, 0.6) is 0 Å². The van der Waals surface area contributed by atoms with Gasteiger partial charge in [0.2, 0.25) is 5.91 Å². The van der Waals surface area contributed by atoms with Crippen LogP contribution in [0.2, 0.25) is 0 Å². The number of rotatable bonds is 3. The molecule has 2 atom stereocenters. The molecule has 20 heavy (non-hydrogen) atoms. The molecule has 1 aliphatic rings. The van der Waals surface area contributed by atoms with Crippen LogP contribution in [0, 0.1) is 0 Å². The normalized spacial score (nSPS) is 18.5.